The van der Waals surface area contributed by atoms with Crippen LogP contribution in [0.2, 0.25) is 0 Å². The number of aromatic nitrogens is 4. The summed E-state index contributed by atoms with van der Waals surface area (Å²) in [6.07, 6.45) is 3.48. The first-order valence-electron chi connectivity index (χ1n) is 9.04. The van der Waals surface area contributed by atoms with Crippen LogP contribution in [-0.4, -0.2) is 32.2 Å². The van der Waals surface area contributed by atoms with Gasteiger partial charge in [0.05, 0.1) is 29.1 Å². The summed E-state index contributed by atoms with van der Waals surface area (Å²) in [6.45, 7) is 2.71. The highest BCUT2D eigenvalue weighted by Gasteiger charge is 2.14. The Morgan fingerprint density at radius 3 is 2.72 bits per heavy atom. The number of nitrogens with one attached hydrogen (secondary N) is 1. The number of carbonyl (C=O) groups excluding carboxylic acids is 1. The number of halogens is 1. The number of hydrogen-bond donors (Lipinski definition) is 1. The van der Waals surface area contributed by atoms with Crippen LogP contribution in [0, 0.1) is 12.7 Å². The third-order valence-electron chi connectivity index (χ3n) is 4.44. The molecule has 29 heavy (non-hydrogen) atoms. The lowest BCUT2D eigenvalue weighted by atomic mass is 10.1. The Balaban J connectivity index is 1.57. The van der Waals surface area contributed by atoms with E-state index in [1.54, 1.807) is 30.0 Å². The Morgan fingerprint density at radius 1 is 1.21 bits per heavy atom. The van der Waals surface area contributed by atoms with Crippen molar-refractivity contribution in [2.75, 3.05) is 6.54 Å². The molecule has 1 aromatic carbocycles. The quantitative estimate of drug-likeness (QED) is 0.525. The first-order chi connectivity index (χ1) is 14.1. The van der Waals surface area contributed by atoms with E-state index in [0.29, 0.717) is 18.0 Å². The molecule has 0 spiro atoms. The summed E-state index contributed by atoms with van der Waals surface area (Å²) in [7, 11) is 0. The van der Waals surface area contributed by atoms with E-state index in [1.807, 2.05) is 29.8 Å². The van der Waals surface area contributed by atoms with E-state index in [9.17, 15) is 9.18 Å². The van der Waals surface area contributed by atoms with E-state index in [4.69, 9.17) is 0 Å². The summed E-state index contributed by atoms with van der Waals surface area (Å²) in [5, 5.41) is 7.58. The normalized spacial score (nSPS) is 10.8. The van der Waals surface area contributed by atoms with Crippen molar-refractivity contribution in [3.8, 4) is 22.5 Å². The van der Waals surface area contributed by atoms with Crippen molar-refractivity contribution < 1.29 is 9.18 Å². The fourth-order valence-electron chi connectivity index (χ4n) is 2.97. The number of hydrogen-bond acceptors (Lipinski definition) is 5. The van der Waals surface area contributed by atoms with Gasteiger partial charge in [-0.1, -0.05) is 0 Å². The molecule has 1 amide bonds. The molecule has 0 saturated carbocycles. The minimum Gasteiger partial charge on any atom is -0.349 e. The zero-order valence-electron chi connectivity index (χ0n) is 15.7. The maximum absolute atomic E-state index is 13.3. The van der Waals surface area contributed by atoms with Gasteiger partial charge in [-0.05, 0) is 49.4 Å². The molecule has 4 aromatic rings. The number of rotatable bonds is 6. The van der Waals surface area contributed by atoms with E-state index >= 15 is 0 Å². The summed E-state index contributed by atoms with van der Waals surface area (Å²) in [5.74, 6) is -0.430. The van der Waals surface area contributed by atoms with Gasteiger partial charge in [-0.15, -0.1) is 11.3 Å². The molecule has 0 unspecified atom stereocenters. The van der Waals surface area contributed by atoms with E-state index in [0.717, 1.165) is 28.2 Å². The van der Waals surface area contributed by atoms with Crippen LogP contribution in [-0.2, 0) is 6.54 Å². The third kappa shape index (κ3) is 4.22. The van der Waals surface area contributed by atoms with Crippen molar-refractivity contribution in [2.45, 2.75) is 13.5 Å². The Hall–Kier alpha value is -3.39. The van der Waals surface area contributed by atoms with Gasteiger partial charge in [0.1, 0.15) is 10.7 Å². The van der Waals surface area contributed by atoms with Gasteiger partial charge >= 0.3 is 0 Å². The number of aryl methyl sites for hydroxylation is 1. The van der Waals surface area contributed by atoms with Gasteiger partial charge < -0.3 is 5.32 Å². The lowest BCUT2D eigenvalue weighted by molar-refractivity contribution is 0.0955. The molecule has 1 N–H and O–H groups in total. The largest absolute Gasteiger partial charge is 0.349 e. The van der Waals surface area contributed by atoms with Crippen LogP contribution >= 0.6 is 11.3 Å². The van der Waals surface area contributed by atoms with Crippen molar-refractivity contribution in [1.82, 2.24) is 25.1 Å². The third-order valence-corrected chi connectivity index (χ3v) is 5.37. The van der Waals surface area contributed by atoms with E-state index in [-0.39, 0.29) is 11.7 Å². The molecule has 0 aliphatic carbocycles. The number of pyridine rings is 1. The predicted octanol–water partition coefficient (Wildman–Crippen LogP) is 3.95. The monoisotopic (exact) mass is 407 g/mol. The molecule has 0 bridgehead atoms. The summed E-state index contributed by atoms with van der Waals surface area (Å²) in [6, 6.07) is 12.0. The fraction of sp³-hybridized carbons (Fsp3) is 0.143. The molecule has 0 fully saturated rings. The van der Waals surface area contributed by atoms with Gasteiger partial charge in [0.2, 0.25) is 0 Å². The lowest BCUT2D eigenvalue weighted by Crippen LogP contribution is -2.27. The maximum atomic E-state index is 13.3. The van der Waals surface area contributed by atoms with Crippen LogP contribution in [0.4, 0.5) is 4.39 Å². The Kier molecular flexibility index (Phi) is 5.44. The predicted molar refractivity (Wildman–Crippen MR) is 110 cm³/mol. The molecule has 3 heterocycles. The zero-order chi connectivity index (χ0) is 20.2. The van der Waals surface area contributed by atoms with Gasteiger partial charge in [0, 0.05) is 30.1 Å². The van der Waals surface area contributed by atoms with Gasteiger partial charge in [-0.2, -0.15) is 5.10 Å². The second-order valence-electron chi connectivity index (χ2n) is 6.41. The van der Waals surface area contributed by atoms with E-state index in [2.05, 4.69) is 20.4 Å². The number of carbonyl (C=O) groups is 1. The van der Waals surface area contributed by atoms with Gasteiger partial charge in [0.25, 0.3) is 5.91 Å². The molecule has 6 nitrogen and oxygen atoms in total. The number of nitrogens with zero attached hydrogens (tertiary/aromatic N) is 4. The summed E-state index contributed by atoms with van der Waals surface area (Å²) in [5.41, 5.74) is 5.72. The minimum atomic E-state index is -0.290. The summed E-state index contributed by atoms with van der Waals surface area (Å²) < 4.78 is 15.1. The zero-order valence-corrected chi connectivity index (χ0v) is 16.5. The minimum absolute atomic E-state index is 0.140. The Labute approximate surface area is 171 Å². The Morgan fingerprint density at radius 2 is 2.03 bits per heavy atom. The van der Waals surface area contributed by atoms with Gasteiger partial charge in [-0.3, -0.25) is 14.5 Å². The molecule has 0 radical (unpaired) electrons. The molecule has 3 aromatic heterocycles. The van der Waals surface area contributed by atoms with Crippen molar-refractivity contribution in [3.63, 3.8) is 0 Å². The van der Waals surface area contributed by atoms with Crippen molar-refractivity contribution in [1.29, 1.82) is 0 Å². The standard InChI is InChI=1S/C21H18FN5OS/c1-14-20(29-13-25-14)21(28)24-9-10-27-19(16-3-2-8-23-12-16)11-18(26-27)15-4-6-17(22)7-5-15/h2-8,11-13H,9-10H2,1H3,(H,24,28). The lowest BCUT2D eigenvalue weighted by Gasteiger charge is -2.08. The topological polar surface area (TPSA) is 72.7 Å². The molecule has 0 saturated heterocycles. The second-order valence-corrected chi connectivity index (χ2v) is 7.26. The highest BCUT2D eigenvalue weighted by molar-refractivity contribution is 7.11. The second kappa shape index (κ2) is 8.32. The van der Waals surface area contributed by atoms with Crippen LogP contribution in [0.5, 0.6) is 0 Å². The number of benzene rings is 1. The van der Waals surface area contributed by atoms with Crippen LogP contribution in [0.1, 0.15) is 15.4 Å². The van der Waals surface area contributed by atoms with Crippen molar-refractivity contribution >= 4 is 17.2 Å². The molecule has 4 rings (SSSR count). The highest BCUT2D eigenvalue weighted by Crippen LogP contribution is 2.26. The molecule has 0 aliphatic heterocycles. The SMILES string of the molecule is Cc1ncsc1C(=O)NCCn1nc(-c2ccc(F)cc2)cc1-c1cccnc1. The summed E-state index contributed by atoms with van der Waals surface area (Å²) >= 11 is 1.32. The van der Waals surface area contributed by atoms with Crippen molar-refractivity contribution in [3.05, 3.63) is 76.8 Å². The fourth-order valence-corrected chi connectivity index (χ4v) is 3.69. The van der Waals surface area contributed by atoms with Crippen LogP contribution in [0.3, 0.4) is 0 Å². The average Bonchev–Trinajstić information content (AvgIpc) is 3.36. The molecular formula is C21H18FN5OS. The molecule has 0 atom stereocenters. The summed E-state index contributed by atoms with van der Waals surface area (Å²) in [4.78, 5) is 21.2. The number of thiazole rings is 1. The maximum Gasteiger partial charge on any atom is 0.263 e. The molecule has 146 valence electrons. The Bertz CT molecular complexity index is 1120. The smallest absolute Gasteiger partial charge is 0.263 e. The highest BCUT2D eigenvalue weighted by atomic mass is 32.1. The average molecular weight is 407 g/mol. The van der Waals surface area contributed by atoms with E-state index in [1.165, 1.54) is 23.5 Å². The van der Waals surface area contributed by atoms with Crippen LogP contribution < -0.4 is 5.32 Å². The molecule has 0 aliphatic rings. The van der Waals surface area contributed by atoms with Crippen LogP contribution in [0.25, 0.3) is 22.5 Å². The van der Waals surface area contributed by atoms with E-state index < -0.39 is 0 Å². The first-order valence-corrected chi connectivity index (χ1v) is 9.92. The molecular weight excluding hydrogens is 389 g/mol. The molecule has 8 heteroatoms. The van der Waals surface area contributed by atoms with Gasteiger partial charge in [-0.25, -0.2) is 9.37 Å². The van der Waals surface area contributed by atoms with Crippen molar-refractivity contribution in [2.24, 2.45) is 0 Å². The first kappa shape index (κ1) is 18.9. The van der Waals surface area contributed by atoms with Crippen LogP contribution in [0.15, 0.2) is 60.4 Å². The van der Waals surface area contributed by atoms with Gasteiger partial charge in [0.15, 0.2) is 0 Å². The number of amides is 1.